The molecule has 6 heteroatoms. The number of halogens is 2. The second kappa shape index (κ2) is 6.47. The Morgan fingerprint density at radius 1 is 1.33 bits per heavy atom. The lowest BCUT2D eigenvalue weighted by Gasteiger charge is -2.21. The maximum Gasteiger partial charge on any atom is 0.305 e. The molecule has 1 aromatic carbocycles. The quantitative estimate of drug-likeness (QED) is 0.664. The Bertz CT molecular complexity index is 537. The Balaban J connectivity index is 2.07. The fraction of sp³-hybridized carbons (Fsp3) is 0.600. The number of nitrogens with zero attached hydrogens (tertiary/aromatic N) is 1. The molecule has 3 unspecified atom stereocenters. The summed E-state index contributed by atoms with van der Waals surface area (Å²) in [4.78, 5) is 9.87. The van der Waals surface area contributed by atoms with Gasteiger partial charge in [-0.3, -0.25) is 10.1 Å². The normalized spacial score (nSPS) is 25.2. The molecule has 0 aromatic heterocycles. The van der Waals surface area contributed by atoms with Gasteiger partial charge in [0.05, 0.1) is 4.92 Å². The number of rotatable bonds is 5. The van der Waals surface area contributed by atoms with Crippen molar-refractivity contribution in [3.63, 3.8) is 0 Å². The van der Waals surface area contributed by atoms with Gasteiger partial charge < -0.3 is 5.32 Å². The molecular weight excluding hydrogens is 278 g/mol. The van der Waals surface area contributed by atoms with E-state index in [1.54, 1.807) is 0 Å². The monoisotopic (exact) mass is 298 g/mol. The van der Waals surface area contributed by atoms with Crippen LogP contribution >= 0.6 is 0 Å². The first-order valence-electron chi connectivity index (χ1n) is 7.29. The number of hydrogen-bond acceptors (Lipinski definition) is 3. The van der Waals surface area contributed by atoms with Crippen molar-refractivity contribution in [1.29, 1.82) is 0 Å². The zero-order chi connectivity index (χ0) is 15.6. The molecule has 2 rings (SSSR count). The van der Waals surface area contributed by atoms with Gasteiger partial charge >= 0.3 is 5.69 Å². The van der Waals surface area contributed by atoms with Crippen LogP contribution in [0.15, 0.2) is 12.1 Å². The summed E-state index contributed by atoms with van der Waals surface area (Å²) in [5.74, 6) is -0.729. The van der Waals surface area contributed by atoms with Crippen molar-refractivity contribution in [1.82, 2.24) is 5.32 Å². The van der Waals surface area contributed by atoms with E-state index in [2.05, 4.69) is 19.2 Å². The van der Waals surface area contributed by atoms with Crippen LogP contribution in [0.4, 0.5) is 14.5 Å². The van der Waals surface area contributed by atoms with E-state index in [9.17, 15) is 18.9 Å². The molecule has 3 atom stereocenters. The van der Waals surface area contributed by atoms with Gasteiger partial charge in [0.1, 0.15) is 5.82 Å². The maximum absolute atomic E-state index is 13.7. The fourth-order valence-corrected chi connectivity index (χ4v) is 3.21. The summed E-state index contributed by atoms with van der Waals surface area (Å²) in [5.41, 5.74) is -0.547. The second-order valence-electron chi connectivity index (χ2n) is 5.74. The Hall–Kier alpha value is -1.56. The van der Waals surface area contributed by atoms with E-state index in [1.807, 2.05) is 0 Å². The molecule has 21 heavy (non-hydrogen) atoms. The Labute approximate surface area is 122 Å². The summed E-state index contributed by atoms with van der Waals surface area (Å²) in [6.45, 7) is 4.51. The van der Waals surface area contributed by atoms with Crippen LogP contribution in [0.5, 0.6) is 0 Å². The lowest BCUT2D eigenvalue weighted by atomic mass is 9.93. The molecule has 1 fully saturated rings. The molecule has 0 aliphatic heterocycles. The minimum absolute atomic E-state index is 0.134. The van der Waals surface area contributed by atoms with Crippen LogP contribution in [0.3, 0.4) is 0 Å². The first kappa shape index (κ1) is 15.8. The molecule has 1 saturated carbocycles. The molecule has 0 heterocycles. The highest BCUT2D eigenvalue weighted by molar-refractivity contribution is 5.37. The number of hydrogen-bond donors (Lipinski definition) is 1. The Kier molecular flexibility index (Phi) is 4.88. The van der Waals surface area contributed by atoms with Crippen molar-refractivity contribution in [2.75, 3.05) is 0 Å². The van der Waals surface area contributed by atoms with E-state index < -0.39 is 22.2 Å². The zero-order valence-corrected chi connectivity index (χ0v) is 12.2. The topological polar surface area (TPSA) is 55.2 Å². The Morgan fingerprint density at radius 2 is 2.05 bits per heavy atom. The van der Waals surface area contributed by atoms with Crippen LogP contribution in [-0.2, 0) is 6.54 Å². The van der Waals surface area contributed by atoms with Crippen LogP contribution in [0.25, 0.3) is 0 Å². The van der Waals surface area contributed by atoms with Crippen LogP contribution in [0, 0.1) is 33.6 Å². The number of nitro benzene ring substituents is 1. The molecule has 0 bridgehead atoms. The van der Waals surface area contributed by atoms with Gasteiger partial charge in [-0.15, -0.1) is 0 Å². The van der Waals surface area contributed by atoms with Crippen molar-refractivity contribution in [2.45, 2.75) is 45.7 Å². The summed E-state index contributed by atoms with van der Waals surface area (Å²) in [6, 6.07) is 1.84. The van der Waals surface area contributed by atoms with Crippen molar-refractivity contribution >= 4 is 5.69 Å². The molecular formula is C15H20F2N2O2. The minimum Gasteiger partial charge on any atom is -0.310 e. The zero-order valence-electron chi connectivity index (χ0n) is 12.2. The summed E-state index contributed by atoms with van der Waals surface area (Å²) in [5, 5.41) is 14.0. The van der Waals surface area contributed by atoms with Gasteiger partial charge in [-0.25, -0.2) is 4.39 Å². The van der Waals surface area contributed by atoms with Gasteiger partial charge in [0.15, 0.2) is 0 Å². The minimum atomic E-state index is -1.14. The molecule has 0 amide bonds. The number of nitro groups is 1. The summed E-state index contributed by atoms with van der Waals surface area (Å²) >= 11 is 0. The SMILES string of the molecule is CCC1CCC(NCc2cc([N+](=O)[O-])c(F)cc2F)C1C. The standard InChI is InChI=1S/C15H20F2N2O2/c1-3-10-4-5-14(9(10)2)18-8-11-6-15(19(20)21)13(17)7-12(11)16/h6-7,9-10,14,18H,3-5,8H2,1-2H3. The number of nitrogens with one attached hydrogen (secondary N) is 1. The van der Waals surface area contributed by atoms with E-state index in [0.717, 1.165) is 25.3 Å². The first-order chi connectivity index (χ1) is 9.93. The van der Waals surface area contributed by atoms with Crippen LogP contribution < -0.4 is 5.32 Å². The third kappa shape index (κ3) is 3.37. The maximum atomic E-state index is 13.7. The van der Waals surface area contributed by atoms with Gasteiger partial charge in [-0.1, -0.05) is 20.3 Å². The van der Waals surface area contributed by atoms with E-state index in [4.69, 9.17) is 0 Å². The molecule has 1 N–H and O–H groups in total. The molecule has 116 valence electrons. The molecule has 0 radical (unpaired) electrons. The fourth-order valence-electron chi connectivity index (χ4n) is 3.21. The van der Waals surface area contributed by atoms with Crippen LogP contribution in [-0.4, -0.2) is 11.0 Å². The van der Waals surface area contributed by atoms with E-state index >= 15 is 0 Å². The highest BCUT2D eigenvalue weighted by Gasteiger charge is 2.31. The van der Waals surface area contributed by atoms with Crippen LogP contribution in [0.2, 0.25) is 0 Å². The third-order valence-electron chi connectivity index (χ3n) is 4.62. The average Bonchev–Trinajstić information content (AvgIpc) is 2.78. The highest BCUT2D eigenvalue weighted by Crippen LogP contribution is 2.34. The average molecular weight is 298 g/mol. The van der Waals surface area contributed by atoms with Crippen LogP contribution in [0.1, 0.15) is 38.7 Å². The molecule has 1 aliphatic carbocycles. The van der Waals surface area contributed by atoms with Crippen molar-refractivity contribution in [3.8, 4) is 0 Å². The lowest BCUT2D eigenvalue weighted by molar-refractivity contribution is -0.387. The molecule has 1 aromatic rings. The van der Waals surface area contributed by atoms with Gasteiger partial charge in [0.2, 0.25) is 5.82 Å². The number of benzene rings is 1. The lowest BCUT2D eigenvalue weighted by Crippen LogP contribution is -2.32. The van der Waals surface area contributed by atoms with Crippen molar-refractivity contribution < 1.29 is 13.7 Å². The predicted octanol–water partition coefficient (Wildman–Crippen LogP) is 3.79. The van der Waals surface area contributed by atoms with E-state index in [1.165, 1.54) is 0 Å². The highest BCUT2D eigenvalue weighted by atomic mass is 19.1. The summed E-state index contributed by atoms with van der Waals surface area (Å²) < 4.78 is 27.0. The Morgan fingerprint density at radius 3 is 2.62 bits per heavy atom. The van der Waals surface area contributed by atoms with Crippen molar-refractivity contribution in [3.05, 3.63) is 39.4 Å². The van der Waals surface area contributed by atoms with Gasteiger partial charge in [0.25, 0.3) is 0 Å². The molecule has 4 nitrogen and oxygen atoms in total. The van der Waals surface area contributed by atoms with Gasteiger partial charge in [-0.2, -0.15) is 4.39 Å². The predicted molar refractivity (Wildman–Crippen MR) is 75.8 cm³/mol. The smallest absolute Gasteiger partial charge is 0.305 e. The molecule has 0 spiro atoms. The van der Waals surface area contributed by atoms with Crippen molar-refractivity contribution in [2.24, 2.45) is 11.8 Å². The first-order valence-corrected chi connectivity index (χ1v) is 7.29. The third-order valence-corrected chi connectivity index (χ3v) is 4.62. The molecule has 0 saturated heterocycles. The second-order valence-corrected chi connectivity index (χ2v) is 5.74. The van der Waals surface area contributed by atoms with E-state index in [0.29, 0.717) is 17.9 Å². The largest absolute Gasteiger partial charge is 0.310 e. The van der Waals surface area contributed by atoms with Gasteiger partial charge in [0, 0.05) is 30.3 Å². The summed E-state index contributed by atoms with van der Waals surface area (Å²) in [6.07, 6.45) is 3.28. The summed E-state index contributed by atoms with van der Waals surface area (Å²) in [7, 11) is 0. The van der Waals surface area contributed by atoms with Gasteiger partial charge in [-0.05, 0) is 24.7 Å². The molecule has 1 aliphatic rings. The van der Waals surface area contributed by atoms with E-state index in [-0.39, 0.29) is 18.2 Å².